The number of rotatable bonds is 4. The summed E-state index contributed by atoms with van der Waals surface area (Å²) in [5, 5.41) is 2.88. The van der Waals surface area contributed by atoms with Crippen molar-refractivity contribution >= 4 is 23.6 Å². The second kappa shape index (κ2) is 5.95. The van der Waals surface area contributed by atoms with Crippen LogP contribution >= 0.6 is 11.8 Å². The number of piperazine rings is 1. The predicted octanol–water partition coefficient (Wildman–Crippen LogP) is 1.50. The fraction of sp³-hybridized carbons (Fsp3) is 0.846. The molecule has 0 saturated carbocycles. The zero-order valence-electron chi connectivity index (χ0n) is 11.9. The van der Waals surface area contributed by atoms with Crippen LogP contribution < -0.4 is 5.32 Å². The first-order valence-corrected chi connectivity index (χ1v) is 7.82. The molecule has 1 saturated heterocycles. The minimum Gasteiger partial charge on any atom is -0.342 e. The Kier molecular flexibility index (Phi) is 5.08. The Bertz CT molecular complexity index is 325. The molecule has 0 spiro atoms. The van der Waals surface area contributed by atoms with Crippen LogP contribution in [0.4, 0.5) is 0 Å². The Morgan fingerprint density at radius 2 is 1.94 bits per heavy atom. The highest BCUT2D eigenvalue weighted by Gasteiger charge is 2.44. The summed E-state index contributed by atoms with van der Waals surface area (Å²) in [6.45, 7) is 8.54. The minimum atomic E-state index is -0.408. The molecular weight excluding hydrogens is 248 g/mol. The Hall–Kier alpha value is -0.710. The first-order chi connectivity index (χ1) is 8.32. The molecule has 1 rings (SSSR count). The zero-order valence-corrected chi connectivity index (χ0v) is 12.8. The van der Waals surface area contributed by atoms with Crippen molar-refractivity contribution in [3.05, 3.63) is 0 Å². The summed E-state index contributed by atoms with van der Waals surface area (Å²) < 4.78 is 0. The summed E-state index contributed by atoms with van der Waals surface area (Å²) in [4.78, 5) is 26.3. The van der Waals surface area contributed by atoms with Crippen molar-refractivity contribution in [3.63, 3.8) is 0 Å². The van der Waals surface area contributed by atoms with Crippen LogP contribution in [0.2, 0.25) is 0 Å². The molecule has 1 fully saturated rings. The molecule has 1 heterocycles. The van der Waals surface area contributed by atoms with Crippen LogP contribution in [-0.4, -0.2) is 47.4 Å². The second-order valence-corrected chi connectivity index (χ2v) is 6.74. The van der Waals surface area contributed by atoms with Crippen LogP contribution in [0.1, 0.15) is 34.1 Å². The average molecular weight is 272 g/mol. The molecule has 0 aliphatic carbocycles. The van der Waals surface area contributed by atoms with Gasteiger partial charge in [-0.25, -0.2) is 0 Å². The summed E-state index contributed by atoms with van der Waals surface area (Å²) >= 11 is 1.69. The quantitative estimate of drug-likeness (QED) is 0.844. The number of thioether (sulfide) groups is 1. The molecule has 1 aliphatic heterocycles. The van der Waals surface area contributed by atoms with Crippen LogP contribution in [0.25, 0.3) is 0 Å². The maximum Gasteiger partial charge on any atom is 0.246 e. The van der Waals surface area contributed by atoms with Gasteiger partial charge in [0.2, 0.25) is 11.8 Å². The van der Waals surface area contributed by atoms with Crippen LogP contribution in [0.5, 0.6) is 0 Å². The molecular formula is C13H24N2O2S. The van der Waals surface area contributed by atoms with Gasteiger partial charge in [0, 0.05) is 12.3 Å². The Morgan fingerprint density at radius 1 is 1.33 bits per heavy atom. The van der Waals surface area contributed by atoms with Gasteiger partial charge in [0.15, 0.2) is 0 Å². The van der Waals surface area contributed by atoms with Gasteiger partial charge in [0.25, 0.3) is 0 Å². The predicted molar refractivity (Wildman–Crippen MR) is 75.6 cm³/mol. The minimum absolute atomic E-state index is 0.0156. The van der Waals surface area contributed by atoms with Crippen molar-refractivity contribution < 1.29 is 9.59 Å². The van der Waals surface area contributed by atoms with Crippen LogP contribution in [-0.2, 0) is 9.59 Å². The van der Waals surface area contributed by atoms with E-state index in [2.05, 4.69) is 5.32 Å². The largest absolute Gasteiger partial charge is 0.342 e. The Labute approximate surface area is 114 Å². The molecule has 104 valence electrons. The average Bonchev–Trinajstić information content (AvgIpc) is 2.28. The van der Waals surface area contributed by atoms with Gasteiger partial charge >= 0.3 is 0 Å². The highest BCUT2D eigenvalue weighted by Crippen LogP contribution is 2.26. The molecule has 4 nitrogen and oxygen atoms in total. The lowest BCUT2D eigenvalue weighted by Gasteiger charge is -2.43. The normalized spacial score (nSPS) is 25.3. The lowest BCUT2D eigenvalue weighted by molar-refractivity contribution is -0.152. The monoisotopic (exact) mass is 272 g/mol. The number of hydrogen-bond acceptors (Lipinski definition) is 3. The first kappa shape index (κ1) is 15.3. The van der Waals surface area contributed by atoms with Crippen molar-refractivity contribution in [1.82, 2.24) is 10.2 Å². The molecule has 5 heteroatoms. The number of carbonyl (C=O) groups is 2. The van der Waals surface area contributed by atoms with Gasteiger partial charge in [-0.2, -0.15) is 11.8 Å². The summed E-state index contributed by atoms with van der Waals surface area (Å²) in [7, 11) is 0. The van der Waals surface area contributed by atoms with Gasteiger partial charge in [-0.1, -0.05) is 27.7 Å². The number of nitrogens with one attached hydrogen (secondary N) is 1. The fourth-order valence-corrected chi connectivity index (χ4v) is 2.59. The molecule has 0 aromatic rings. The third-order valence-electron chi connectivity index (χ3n) is 3.28. The molecule has 0 aromatic heterocycles. The maximum absolute atomic E-state index is 12.5. The topological polar surface area (TPSA) is 49.4 Å². The van der Waals surface area contributed by atoms with Crippen molar-refractivity contribution in [3.8, 4) is 0 Å². The highest BCUT2D eigenvalue weighted by molar-refractivity contribution is 7.98. The third kappa shape index (κ3) is 3.19. The molecule has 2 unspecified atom stereocenters. The van der Waals surface area contributed by atoms with E-state index in [1.807, 2.05) is 34.0 Å². The molecule has 2 atom stereocenters. The number of amides is 2. The van der Waals surface area contributed by atoms with Crippen molar-refractivity contribution in [2.24, 2.45) is 5.41 Å². The lowest BCUT2D eigenvalue weighted by atomic mass is 9.83. The van der Waals surface area contributed by atoms with Gasteiger partial charge < -0.3 is 10.2 Å². The molecule has 1 N–H and O–H groups in total. The number of carbonyl (C=O) groups excluding carboxylic acids is 2. The van der Waals surface area contributed by atoms with Gasteiger partial charge in [0.1, 0.15) is 12.1 Å². The van der Waals surface area contributed by atoms with E-state index in [4.69, 9.17) is 0 Å². The van der Waals surface area contributed by atoms with E-state index in [1.165, 1.54) is 0 Å². The standard InChI is InChI=1S/C13H24N2O2S/c1-6-9-11(16)14-10(13(2,3)4)12(17)15(9)7-8-18-5/h9-10H,6-8H2,1-5H3,(H,14,16). The Balaban J connectivity index is 2.93. The van der Waals surface area contributed by atoms with Crippen molar-refractivity contribution in [2.75, 3.05) is 18.6 Å². The number of hydrogen-bond donors (Lipinski definition) is 1. The summed E-state index contributed by atoms with van der Waals surface area (Å²) in [5.74, 6) is 0.910. The first-order valence-electron chi connectivity index (χ1n) is 6.42. The third-order valence-corrected chi connectivity index (χ3v) is 3.88. The molecule has 2 amide bonds. The maximum atomic E-state index is 12.5. The van der Waals surface area contributed by atoms with E-state index in [0.29, 0.717) is 13.0 Å². The van der Waals surface area contributed by atoms with Crippen molar-refractivity contribution in [1.29, 1.82) is 0 Å². The van der Waals surface area contributed by atoms with E-state index >= 15 is 0 Å². The molecule has 0 aromatic carbocycles. The SMILES string of the molecule is CCC1C(=O)NC(C(C)(C)C)C(=O)N1CCSC. The van der Waals surface area contributed by atoms with Crippen LogP contribution in [0, 0.1) is 5.41 Å². The summed E-state index contributed by atoms with van der Waals surface area (Å²) in [6, 6.07) is -0.710. The smallest absolute Gasteiger partial charge is 0.246 e. The van der Waals surface area contributed by atoms with Crippen LogP contribution in [0.15, 0.2) is 0 Å². The number of nitrogens with zero attached hydrogens (tertiary/aromatic N) is 1. The van der Waals surface area contributed by atoms with Gasteiger partial charge in [-0.3, -0.25) is 9.59 Å². The summed E-state index contributed by atoms with van der Waals surface area (Å²) in [5.41, 5.74) is -0.247. The Morgan fingerprint density at radius 3 is 2.39 bits per heavy atom. The van der Waals surface area contributed by atoms with Crippen molar-refractivity contribution in [2.45, 2.75) is 46.2 Å². The van der Waals surface area contributed by atoms with E-state index in [-0.39, 0.29) is 23.3 Å². The van der Waals surface area contributed by atoms with Gasteiger partial charge in [0.05, 0.1) is 0 Å². The fourth-order valence-electron chi connectivity index (χ4n) is 2.21. The summed E-state index contributed by atoms with van der Waals surface area (Å²) in [6.07, 6.45) is 2.68. The van der Waals surface area contributed by atoms with E-state index in [9.17, 15) is 9.59 Å². The molecule has 0 radical (unpaired) electrons. The van der Waals surface area contributed by atoms with E-state index < -0.39 is 6.04 Å². The van der Waals surface area contributed by atoms with E-state index in [0.717, 1.165) is 5.75 Å². The van der Waals surface area contributed by atoms with Gasteiger partial charge in [-0.05, 0) is 18.1 Å². The van der Waals surface area contributed by atoms with Crippen LogP contribution in [0.3, 0.4) is 0 Å². The van der Waals surface area contributed by atoms with E-state index in [1.54, 1.807) is 16.7 Å². The second-order valence-electron chi connectivity index (χ2n) is 5.76. The molecule has 0 bridgehead atoms. The van der Waals surface area contributed by atoms with Gasteiger partial charge in [-0.15, -0.1) is 0 Å². The molecule has 1 aliphatic rings. The zero-order chi connectivity index (χ0) is 13.9. The lowest BCUT2D eigenvalue weighted by Crippen LogP contribution is -2.66. The molecule has 18 heavy (non-hydrogen) atoms. The highest BCUT2D eigenvalue weighted by atomic mass is 32.2.